The van der Waals surface area contributed by atoms with Gasteiger partial charge < -0.3 is 0 Å². The van der Waals surface area contributed by atoms with E-state index in [0.29, 0.717) is 4.83 Å². The number of rotatable bonds is 8. The van der Waals surface area contributed by atoms with Gasteiger partial charge in [0.1, 0.15) is 0 Å². The van der Waals surface area contributed by atoms with Crippen molar-refractivity contribution in [3.8, 4) is 0 Å². The van der Waals surface area contributed by atoms with Crippen molar-refractivity contribution in [2.45, 2.75) is 64.2 Å². The predicted molar refractivity (Wildman–Crippen MR) is 75.3 cm³/mol. The van der Waals surface area contributed by atoms with Gasteiger partial charge in [0.15, 0.2) is 0 Å². The fraction of sp³-hybridized carbons (Fsp3) is 0.846. The first-order valence-electron chi connectivity index (χ1n) is 6.75. The molecule has 0 saturated heterocycles. The van der Waals surface area contributed by atoms with Gasteiger partial charge in [-0.25, -0.2) is 0 Å². The molecule has 1 heterocycles. The second-order valence-electron chi connectivity index (χ2n) is 4.66. The van der Waals surface area contributed by atoms with Crippen LogP contribution in [-0.4, -0.2) is 15.0 Å². The molecular weight excluding hydrogens is 278 g/mol. The molecule has 2 unspecified atom stereocenters. The molecule has 3 nitrogen and oxygen atoms in total. The predicted octanol–water partition coefficient (Wildman–Crippen LogP) is 4.34. The number of halogens is 1. The molecule has 1 aromatic heterocycles. The van der Waals surface area contributed by atoms with E-state index >= 15 is 0 Å². The normalized spacial score (nSPS) is 14.8. The van der Waals surface area contributed by atoms with Crippen molar-refractivity contribution in [2.24, 2.45) is 5.92 Å². The summed E-state index contributed by atoms with van der Waals surface area (Å²) in [6, 6.07) is 0. The lowest BCUT2D eigenvalue weighted by Gasteiger charge is -2.13. The van der Waals surface area contributed by atoms with Gasteiger partial charge in [0.25, 0.3) is 0 Å². The minimum atomic E-state index is 0.340. The third-order valence-corrected chi connectivity index (χ3v) is 4.34. The highest BCUT2D eigenvalue weighted by Gasteiger charge is 2.12. The zero-order valence-electron chi connectivity index (χ0n) is 11.2. The SMILES string of the molecule is CCCCC(CC)Cn1cc(C(Br)CC)nn1. The lowest BCUT2D eigenvalue weighted by atomic mass is 9.99. The summed E-state index contributed by atoms with van der Waals surface area (Å²) >= 11 is 3.61. The van der Waals surface area contributed by atoms with E-state index in [1.54, 1.807) is 0 Å². The number of aromatic nitrogens is 3. The molecular formula is C13H24BrN3. The van der Waals surface area contributed by atoms with Gasteiger partial charge in [0.2, 0.25) is 0 Å². The van der Waals surface area contributed by atoms with Crippen molar-refractivity contribution in [1.82, 2.24) is 15.0 Å². The number of unbranched alkanes of at least 4 members (excludes halogenated alkanes) is 1. The molecule has 1 rings (SSSR count). The van der Waals surface area contributed by atoms with Crippen LogP contribution < -0.4 is 0 Å². The van der Waals surface area contributed by atoms with Crippen LogP contribution in [0.1, 0.15) is 63.4 Å². The highest BCUT2D eigenvalue weighted by molar-refractivity contribution is 9.09. The zero-order valence-corrected chi connectivity index (χ0v) is 12.8. The van der Waals surface area contributed by atoms with Crippen LogP contribution in [0.2, 0.25) is 0 Å². The lowest BCUT2D eigenvalue weighted by Crippen LogP contribution is -2.10. The molecule has 17 heavy (non-hydrogen) atoms. The molecule has 0 radical (unpaired) electrons. The minimum absolute atomic E-state index is 0.340. The van der Waals surface area contributed by atoms with Gasteiger partial charge in [-0.15, -0.1) is 5.10 Å². The third-order valence-electron chi connectivity index (χ3n) is 3.22. The number of alkyl halides is 1. The van der Waals surface area contributed by atoms with Gasteiger partial charge in [-0.2, -0.15) is 0 Å². The van der Waals surface area contributed by atoms with E-state index in [0.717, 1.165) is 24.6 Å². The molecule has 0 amide bonds. The van der Waals surface area contributed by atoms with Crippen LogP contribution in [0.25, 0.3) is 0 Å². The Morgan fingerprint density at radius 3 is 2.65 bits per heavy atom. The summed E-state index contributed by atoms with van der Waals surface area (Å²) in [7, 11) is 0. The van der Waals surface area contributed by atoms with E-state index in [-0.39, 0.29) is 0 Å². The molecule has 0 aliphatic heterocycles. The standard InChI is InChI=1S/C13H24BrN3/c1-4-7-8-11(5-2)9-17-10-13(15-16-17)12(14)6-3/h10-12H,4-9H2,1-3H3. The summed E-state index contributed by atoms with van der Waals surface area (Å²) in [6.07, 6.45) is 8.24. The van der Waals surface area contributed by atoms with Crippen LogP contribution in [0.4, 0.5) is 0 Å². The highest BCUT2D eigenvalue weighted by Crippen LogP contribution is 2.23. The van der Waals surface area contributed by atoms with Crippen LogP contribution in [0.3, 0.4) is 0 Å². The maximum atomic E-state index is 4.22. The van der Waals surface area contributed by atoms with Gasteiger partial charge in [-0.1, -0.05) is 61.2 Å². The van der Waals surface area contributed by atoms with E-state index < -0.39 is 0 Å². The van der Waals surface area contributed by atoms with Crippen molar-refractivity contribution >= 4 is 15.9 Å². The van der Waals surface area contributed by atoms with Crippen molar-refractivity contribution in [3.63, 3.8) is 0 Å². The largest absolute Gasteiger partial charge is 0.252 e. The van der Waals surface area contributed by atoms with Crippen LogP contribution in [0, 0.1) is 5.92 Å². The van der Waals surface area contributed by atoms with E-state index in [1.165, 1.54) is 25.7 Å². The quantitative estimate of drug-likeness (QED) is 0.669. The molecule has 0 aliphatic carbocycles. The Balaban J connectivity index is 2.52. The minimum Gasteiger partial charge on any atom is -0.252 e. The monoisotopic (exact) mass is 301 g/mol. The molecule has 98 valence electrons. The maximum Gasteiger partial charge on any atom is 0.0963 e. The molecule has 0 spiro atoms. The Morgan fingerprint density at radius 1 is 1.29 bits per heavy atom. The third kappa shape index (κ3) is 4.78. The summed E-state index contributed by atoms with van der Waals surface area (Å²) in [5, 5.41) is 8.44. The molecule has 0 aliphatic rings. The van der Waals surface area contributed by atoms with Crippen LogP contribution in [0.15, 0.2) is 6.20 Å². The van der Waals surface area contributed by atoms with E-state index in [4.69, 9.17) is 0 Å². The lowest BCUT2D eigenvalue weighted by molar-refractivity contribution is 0.368. The fourth-order valence-corrected chi connectivity index (χ4v) is 2.15. The average Bonchev–Trinajstić information content (AvgIpc) is 2.81. The van der Waals surface area contributed by atoms with Crippen molar-refractivity contribution < 1.29 is 0 Å². The first-order chi connectivity index (χ1) is 8.21. The highest BCUT2D eigenvalue weighted by atomic mass is 79.9. The Kier molecular flexibility index (Phi) is 6.78. The summed E-state index contributed by atoms with van der Waals surface area (Å²) in [4.78, 5) is 0.340. The van der Waals surface area contributed by atoms with Gasteiger partial charge in [-0.3, -0.25) is 4.68 Å². The number of hydrogen-bond donors (Lipinski definition) is 0. The summed E-state index contributed by atoms with van der Waals surface area (Å²) in [5.74, 6) is 0.736. The smallest absolute Gasteiger partial charge is 0.0963 e. The molecule has 0 aromatic carbocycles. The average molecular weight is 302 g/mol. The molecule has 2 atom stereocenters. The Hall–Kier alpha value is -0.380. The van der Waals surface area contributed by atoms with Crippen LogP contribution in [0.5, 0.6) is 0 Å². The maximum absolute atomic E-state index is 4.22. The summed E-state index contributed by atoms with van der Waals surface area (Å²) in [5.41, 5.74) is 1.05. The van der Waals surface area contributed by atoms with Crippen molar-refractivity contribution in [2.75, 3.05) is 0 Å². The van der Waals surface area contributed by atoms with Crippen LogP contribution in [-0.2, 0) is 6.54 Å². The van der Waals surface area contributed by atoms with Gasteiger partial charge in [-0.05, 0) is 18.8 Å². The zero-order chi connectivity index (χ0) is 12.7. The molecule has 0 bridgehead atoms. The second-order valence-corrected chi connectivity index (χ2v) is 5.76. The Labute approximate surface area is 113 Å². The van der Waals surface area contributed by atoms with Gasteiger partial charge in [0, 0.05) is 12.7 Å². The second kappa shape index (κ2) is 7.85. The Bertz CT molecular complexity index is 311. The first kappa shape index (κ1) is 14.7. The van der Waals surface area contributed by atoms with Gasteiger partial charge in [0.05, 0.1) is 10.5 Å². The van der Waals surface area contributed by atoms with Gasteiger partial charge >= 0.3 is 0 Å². The molecule has 1 aromatic rings. The van der Waals surface area contributed by atoms with Crippen molar-refractivity contribution in [3.05, 3.63) is 11.9 Å². The number of hydrogen-bond acceptors (Lipinski definition) is 2. The van der Waals surface area contributed by atoms with E-state index in [9.17, 15) is 0 Å². The molecule has 4 heteroatoms. The molecule has 0 N–H and O–H groups in total. The summed E-state index contributed by atoms with van der Waals surface area (Å²) < 4.78 is 2.00. The first-order valence-corrected chi connectivity index (χ1v) is 7.66. The topological polar surface area (TPSA) is 30.7 Å². The van der Waals surface area contributed by atoms with Crippen LogP contribution >= 0.6 is 15.9 Å². The fourth-order valence-electron chi connectivity index (χ4n) is 1.94. The molecule has 0 saturated carbocycles. The number of nitrogens with zero attached hydrogens (tertiary/aromatic N) is 3. The van der Waals surface area contributed by atoms with Crippen molar-refractivity contribution in [1.29, 1.82) is 0 Å². The Morgan fingerprint density at radius 2 is 2.06 bits per heavy atom. The summed E-state index contributed by atoms with van der Waals surface area (Å²) in [6.45, 7) is 7.66. The van der Waals surface area contributed by atoms with E-state index in [2.05, 4.69) is 53.2 Å². The van der Waals surface area contributed by atoms with E-state index in [1.807, 2.05) is 4.68 Å². The molecule has 0 fully saturated rings.